The molecule has 1 amide bonds. The van der Waals surface area contributed by atoms with Crippen LogP contribution in [0.4, 0.5) is 5.69 Å². The number of nitrogens with zero attached hydrogens (tertiary/aromatic N) is 2. The topological polar surface area (TPSA) is 56.1 Å². The number of para-hydroxylation sites is 1. The lowest BCUT2D eigenvalue weighted by Crippen LogP contribution is -2.39. The molecule has 1 aromatic heterocycles. The highest BCUT2D eigenvalue weighted by Gasteiger charge is 2.19. The van der Waals surface area contributed by atoms with Gasteiger partial charge in [-0.25, -0.2) is 0 Å². The van der Waals surface area contributed by atoms with Crippen LogP contribution in [0, 0.1) is 11.3 Å². The number of anilines is 1. The summed E-state index contributed by atoms with van der Waals surface area (Å²) in [7, 11) is 1.92. The van der Waals surface area contributed by atoms with Gasteiger partial charge in [-0.1, -0.05) is 18.2 Å². The predicted octanol–water partition coefficient (Wildman–Crippen LogP) is 3.08. The van der Waals surface area contributed by atoms with E-state index in [4.69, 9.17) is 5.26 Å². The molecule has 0 fully saturated rings. The summed E-state index contributed by atoms with van der Waals surface area (Å²) in [5.41, 5.74) is 1.03. The number of hydrogen-bond acceptors (Lipinski definition) is 4. The molecule has 1 heterocycles. The van der Waals surface area contributed by atoms with Crippen molar-refractivity contribution in [3.63, 3.8) is 0 Å². The van der Waals surface area contributed by atoms with Crippen LogP contribution in [0.1, 0.15) is 17.4 Å². The van der Waals surface area contributed by atoms with Crippen LogP contribution in [-0.2, 0) is 11.3 Å². The summed E-state index contributed by atoms with van der Waals surface area (Å²) in [5, 5.41) is 13.9. The first-order valence-corrected chi connectivity index (χ1v) is 7.52. The van der Waals surface area contributed by atoms with E-state index in [0.717, 1.165) is 6.54 Å². The highest BCUT2D eigenvalue weighted by Crippen LogP contribution is 2.16. The Hall–Kier alpha value is -2.16. The zero-order valence-corrected chi connectivity index (χ0v) is 12.9. The number of nitriles is 1. The molecular weight excluding hydrogens is 282 g/mol. The molecule has 0 saturated heterocycles. The molecule has 0 spiro atoms. The lowest BCUT2D eigenvalue weighted by atomic mass is 10.2. The Morgan fingerprint density at radius 2 is 2.14 bits per heavy atom. The molecule has 1 N–H and O–H groups in total. The van der Waals surface area contributed by atoms with Gasteiger partial charge in [0, 0.05) is 11.4 Å². The monoisotopic (exact) mass is 299 g/mol. The molecule has 1 unspecified atom stereocenters. The quantitative estimate of drug-likeness (QED) is 0.923. The maximum atomic E-state index is 12.3. The summed E-state index contributed by atoms with van der Waals surface area (Å²) >= 11 is 1.67. The summed E-state index contributed by atoms with van der Waals surface area (Å²) in [6.07, 6.45) is 0. The Labute approximate surface area is 128 Å². The lowest BCUT2D eigenvalue weighted by molar-refractivity contribution is -0.120. The Morgan fingerprint density at radius 1 is 1.38 bits per heavy atom. The zero-order valence-electron chi connectivity index (χ0n) is 12.0. The summed E-state index contributed by atoms with van der Waals surface area (Å²) in [6, 6.07) is 12.9. The van der Waals surface area contributed by atoms with Crippen molar-refractivity contribution in [2.24, 2.45) is 0 Å². The van der Waals surface area contributed by atoms with Crippen molar-refractivity contribution >= 4 is 22.9 Å². The number of likely N-dealkylation sites (N-methyl/N-ethyl adjacent to an activating group) is 1. The van der Waals surface area contributed by atoms with E-state index in [1.165, 1.54) is 4.88 Å². The fraction of sp³-hybridized carbons (Fsp3) is 0.250. The van der Waals surface area contributed by atoms with Gasteiger partial charge in [-0.05, 0) is 37.6 Å². The van der Waals surface area contributed by atoms with Crippen LogP contribution < -0.4 is 5.32 Å². The molecule has 2 aromatic rings. The van der Waals surface area contributed by atoms with Crippen LogP contribution in [0.25, 0.3) is 0 Å². The molecule has 1 aromatic carbocycles. The summed E-state index contributed by atoms with van der Waals surface area (Å²) < 4.78 is 0. The Bertz CT molecular complexity index is 646. The molecule has 2 rings (SSSR count). The van der Waals surface area contributed by atoms with E-state index in [1.807, 2.05) is 30.3 Å². The van der Waals surface area contributed by atoms with Gasteiger partial charge in [0.1, 0.15) is 6.07 Å². The van der Waals surface area contributed by atoms with Crippen LogP contribution >= 0.6 is 11.3 Å². The minimum Gasteiger partial charge on any atom is -0.324 e. The van der Waals surface area contributed by atoms with E-state index in [-0.39, 0.29) is 11.9 Å². The average molecular weight is 299 g/mol. The van der Waals surface area contributed by atoms with Crippen molar-refractivity contribution in [2.75, 3.05) is 12.4 Å². The first kappa shape index (κ1) is 15.2. The number of carbonyl (C=O) groups is 1. The summed E-state index contributed by atoms with van der Waals surface area (Å²) in [5.74, 6) is -0.114. The number of carbonyl (C=O) groups excluding carboxylic acids is 1. The van der Waals surface area contributed by atoms with Crippen LogP contribution in [-0.4, -0.2) is 23.9 Å². The summed E-state index contributed by atoms with van der Waals surface area (Å²) in [4.78, 5) is 15.5. The number of benzene rings is 1. The smallest absolute Gasteiger partial charge is 0.241 e. The number of amides is 1. The Balaban J connectivity index is 2.01. The SMILES string of the molecule is CC(C(=O)Nc1ccccc1C#N)N(C)Cc1cccs1. The molecule has 5 heteroatoms. The third-order valence-electron chi connectivity index (χ3n) is 3.33. The van der Waals surface area contributed by atoms with E-state index < -0.39 is 0 Å². The third kappa shape index (κ3) is 3.91. The van der Waals surface area contributed by atoms with Crippen LogP contribution in [0.3, 0.4) is 0 Å². The molecule has 0 aliphatic heterocycles. The fourth-order valence-electron chi connectivity index (χ4n) is 1.91. The van der Waals surface area contributed by atoms with Gasteiger partial charge in [0.05, 0.1) is 17.3 Å². The van der Waals surface area contributed by atoms with Crippen molar-refractivity contribution < 1.29 is 4.79 Å². The van der Waals surface area contributed by atoms with E-state index in [2.05, 4.69) is 17.5 Å². The molecule has 0 saturated carbocycles. The minimum absolute atomic E-state index is 0.114. The highest BCUT2D eigenvalue weighted by atomic mass is 32.1. The van der Waals surface area contributed by atoms with Crippen molar-refractivity contribution in [3.8, 4) is 6.07 Å². The van der Waals surface area contributed by atoms with E-state index in [1.54, 1.807) is 35.6 Å². The second-order valence-electron chi connectivity index (χ2n) is 4.82. The zero-order chi connectivity index (χ0) is 15.2. The largest absolute Gasteiger partial charge is 0.324 e. The average Bonchev–Trinajstić information content (AvgIpc) is 2.99. The standard InChI is InChI=1S/C16H17N3OS/c1-12(19(2)11-14-7-5-9-21-14)16(20)18-15-8-4-3-6-13(15)10-17/h3-9,12H,11H2,1-2H3,(H,18,20). The molecule has 0 aliphatic rings. The Kier molecular flexibility index (Phi) is 5.09. The van der Waals surface area contributed by atoms with Crippen molar-refractivity contribution in [2.45, 2.75) is 19.5 Å². The van der Waals surface area contributed by atoms with E-state index in [9.17, 15) is 4.79 Å². The lowest BCUT2D eigenvalue weighted by Gasteiger charge is -2.23. The van der Waals surface area contributed by atoms with Gasteiger partial charge in [-0.3, -0.25) is 9.69 Å². The number of thiophene rings is 1. The first-order valence-electron chi connectivity index (χ1n) is 6.64. The van der Waals surface area contributed by atoms with E-state index in [0.29, 0.717) is 11.3 Å². The molecule has 1 atom stereocenters. The molecule has 0 radical (unpaired) electrons. The van der Waals surface area contributed by atoms with Gasteiger partial charge in [0.25, 0.3) is 0 Å². The van der Waals surface area contributed by atoms with Crippen LogP contribution in [0.2, 0.25) is 0 Å². The number of rotatable bonds is 5. The number of hydrogen-bond donors (Lipinski definition) is 1. The predicted molar refractivity (Wildman–Crippen MR) is 85.0 cm³/mol. The van der Waals surface area contributed by atoms with Crippen molar-refractivity contribution in [1.29, 1.82) is 5.26 Å². The maximum Gasteiger partial charge on any atom is 0.241 e. The normalized spacial score (nSPS) is 11.9. The second kappa shape index (κ2) is 7.02. The molecule has 108 valence electrons. The highest BCUT2D eigenvalue weighted by molar-refractivity contribution is 7.09. The maximum absolute atomic E-state index is 12.3. The summed E-state index contributed by atoms with van der Waals surface area (Å²) in [6.45, 7) is 2.59. The third-order valence-corrected chi connectivity index (χ3v) is 4.19. The fourth-order valence-corrected chi connectivity index (χ4v) is 2.68. The van der Waals surface area contributed by atoms with Crippen molar-refractivity contribution in [3.05, 3.63) is 52.2 Å². The van der Waals surface area contributed by atoms with Gasteiger partial charge in [-0.15, -0.1) is 11.3 Å². The molecule has 0 aliphatic carbocycles. The number of nitrogens with one attached hydrogen (secondary N) is 1. The van der Waals surface area contributed by atoms with Crippen LogP contribution in [0.15, 0.2) is 41.8 Å². The van der Waals surface area contributed by atoms with Gasteiger partial charge in [0.2, 0.25) is 5.91 Å². The van der Waals surface area contributed by atoms with Crippen LogP contribution in [0.5, 0.6) is 0 Å². The van der Waals surface area contributed by atoms with Gasteiger partial charge in [-0.2, -0.15) is 5.26 Å². The minimum atomic E-state index is -0.279. The second-order valence-corrected chi connectivity index (χ2v) is 5.85. The van der Waals surface area contributed by atoms with Gasteiger partial charge >= 0.3 is 0 Å². The molecule has 4 nitrogen and oxygen atoms in total. The molecular formula is C16H17N3OS. The molecule has 21 heavy (non-hydrogen) atoms. The van der Waals surface area contributed by atoms with Gasteiger partial charge < -0.3 is 5.32 Å². The molecule has 0 bridgehead atoms. The van der Waals surface area contributed by atoms with E-state index >= 15 is 0 Å². The van der Waals surface area contributed by atoms with Gasteiger partial charge in [0.15, 0.2) is 0 Å². The first-order chi connectivity index (χ1) is 10.1. The Morgan fingerprint density at radius 3 is 2.81 bits per heavy atom. The van der Waals surface area contributed by atoms with Crippen molar-refractivity contribution in [1.82, 2.24) is 4.90 Å².